The number of rotatable bonds is 5. The Labute approximate surface area is 119 Å². The molecule has 0 bridgehead atoms. The van der Waals surface area contributed by atoms with Crippen LogP contribution in [-0.2, 0) is 11.8 Å². The first-order chi connectivity index (χ1) is 8.70. The van der Waals surface area contributed by atoms with E-state index in [1.54, 1.807) is 11.3 Å². The van der Waals surface area contributed by atoms with E-state index in [0.29, 0.717) is 6.42 Å². The van der Waals surface area contributed by atoms with Gasteiger partial charge in [0.15, 0.2) is 0 Å². The van der Waals surface area contributed by atoms with Gasteiger partial charge in [-0.3, -0.25) is 0 Å². The van der Waals surface area contributed by atoms with Crippen LogP contribution in [0.4, 0.5) is 0 Å². The van der Waals surface area contributed by atoms with Crippen molar-refractivity contribution in [3.8, 4) is 0 Å². The molecule has 1 aromatic carbocycles. The number of hydrogen-bond acceptors (Lipinski definition) is 3. The van der Waals surface area contributed by atoms with Crippen molar-refractivity contribution in [1.82, 2.24) is 0 Å². The lowest BCUT2D eigenvalue weighted by atomic mass is 9.78. The van der Waals surface area contributed by atoms with E-state index in [9.17, 15) is 10.2 Å². The number of hydrogen-bond donors (Lipinski definition) is 2. The molecule has 0 saturated carbocycles. The summed E-state index contributed by atoms with van der Waals surface area (Å²) in [7, 11) is 0. The van der Waals surface area contributed by atoms with Crippen molar-refractivity contribution in [3.05, 3.63) is 56.7 Å². The van der Waals surface area contributed by atoms with Crippen LogP contribution in [0.25, 0.3) is 0 Å². The molecule has 0 aliphatic carbocycles. The maximum absolute atomic E-state index is 9.73. The Hall–Kier alpha value is -0.680. The molecule has 18 heavy (non-hydrogen) atoms. The fourth-order valence-electron chi connectivity index (χ4n) is 2.02. The lowest BCUT2D eigenvalue weighted by Gasteiger charge is -2.30. The van der Waals surface area contributed by atoms with Gasteiger partial charge < -0.3 is 10.2 Å². The molecular weight excluding hydrogens is 312 g/mol. The first kappa shape index (κ1) is 13.7. The topological polar surface area (TPSA) is 40.5 Å². The summed E-state index contributed by atoms with van der Waals surface area (Å²) < 4.78 is 1.04. The van der Waals surface area contributed by atoms with E-state index in [1.807, 2.05) is 41.8 Å². The molecule has 96 valence electrons. The summed E-state index contributed by atoms with van der Waals surface area (Å²) in [5, 5.41) is 21.5. The zero-order valence-electron chi connectivity index (χ0n) is 9.84. The van der Waals surface area contributed by atoms with Crippen LogP contribution in [0.15, 0.2) is 46.3 Å². The maximum atomic E-state index is 9.73. The van der Waals surface area contributed by atoms with E-state index in [-0.39, 0.29) is 13.2 Å². The Morgan fingerprint density at radius 3 is 2.28 bits per heavy atom. The van der Waals surface area contributed by atoms with Crippen LogP contribution in [-0.4, -0.2) is 23.4 Å². The van der Waals surface area contributed by atoms with E-state index >= 15 is 0 Å². The third-order valence-corrected chi connectivity index (χ3v) is 4.82. The summed E-state index contributed by atoms with van der Waals surface area (Å²) in [6.45, 7) is -0.133. The summed E-state index contributed by atoms with van der Waals surface area (Å²) in [6.07, 6.45) is 0.639. The third kappa shape index (κ3) is 2.83. The lowest BCUT2D eigenvalue weighted by Crippen LogP contribution is -2.37. The van der Waals surface area contributed by atoms with Gasteiger partial charge in [0.25, 0.3) is 0 Å². The van der Waals surface area contributed by atoms with E-state index in [1.165, 1.54) is 0 Å². The summed E-state index contributed by atoms with van der Waals surface area (Å²) in [6, 6.07) is 11.7. The molecule has 0 atom stereocenters. The summed E-state index contributed by atoms with van der Waals surface area (Å²) in [4.78, 5) is 1.15. The molecule has 0 radical (unpaired) electrons. The largest absolute Gasteiger partial charge is 0.395 e. The highest BCUT2D eigenvalue weighted by atomic mass is 79.9. The molecule has 0 aliphatic heterocycles. The first-order valence-electron chi connectivity index (χ1n) is 5.70. The molecule has 0 aliphatic rings. The van der Waals surface area contributed by atoms with Gasteiger partial charge in [0.1, 0.15) is 0 Å². The Balaban J connectivity index is 2.32. The van der Waals surface area contributed by atoms with Crippen molar-refractivity contribution in [2.75, 3.05) is 13.2 Å². The monoisotopic (exact) mass is 326 g/mol. The second-order valence-corrected chi connectivity index (χ2v) is 6.28. The molecule has 1 heterocycles. The SMILES string of the molecule is OCC(CO)(Cc1cc(Br)cs1)c1ccccc1. The minimum absolute atomic E-state index is 0.0664. The van der Waals surface area contributed by atoms with Crippen molar-refractivity contribution in [2.24, 2.45) is 0 Å². The van der Waals surface area contributed by atoms with Gasteiger partial charge in [-0.05, 0) is 34.0 Å². The quantitative estimate of drug-likeness (QED) is 0.886. The van der Waals surface area contributed by atoms with Crippen LogP contribution < -0.4 is 0 Å². The number of thiophene rings is 1. The molecule has 2 rings (SSSR count). The minimum atomic E-state index is -0.606. The summed E-state index contributed by atoms with van der Waals surface area (Å²) in [5.41, 5.74) is 0.366. The number of halogens is 1. The Morgan fingerprint density at radius 1 is 1.11 bits per heavy atom. The van der Waals surface area contributed by atoms with Crippen LogP contribution in [0.3, 0.4) is 0 Å². The molecule has 2 nitrogen and oxygen atoms in total. The minimum Gasteiger partial charge on any atom is -0.395 e. The van der Waals surface area contributed by atoms with Crippen LogP contribution in [0.1, 0.15) is 10.4 Å². The van der Waals surface area contributed by atoms with Crippen LogP contribution >= 0.6 is 27.3 Å². The number of aliphatic hydroxyl groups excluding tert-OH is 2. The molecule has 1 aromatic heterocycles. The molecule has 0 saturated heterocycles. The highest BCUT2D eigenvalue weighted by Gasteiger charge is 2.31. The molecule has 4 heteroatoms. The van der Waals surface area contributed by atoms with Gasteiger partial charge in [0, 0.05) is 20.1 Å². The number of aliphatic hydroxyl groups is 2. The number of benzene rings is 1. The Morgan fingerprint density at radius 2 is 1.78 bits per heavy atom. The molecular formula is C14H15BrO2S. The standard InChI is InChI=1S/C14H15BrO2S/c15-12-6-13(18-8-12)7-14(9-16,10-17)11-4-2-1-3-5-11/h1-6,8,16-17H,7,9-10H2. The van der Waals surface area contributed by atoms with E-state index < -0.39 is 5.41 Å². The van der Waals surface area contributed by atoms with Crippen LogP contribution in [0, 0.1) is 0 Å². The van der Waals surface area contributed by atoms with Gasteiger partial charge in [0.05, 0.1) is 13.2 Å². The predicted molar refractivity (Wildman–Crippen MR) is 78.0 cm³/mol. The van der Waals surface area contributed by atoms with E-state index in [4.69, 9.17) is 0 Å². The van der Waals surface area contributed by atoms with Gasteiger partial charge in [-0.25, -0.2) is 0 Å². The average molecular weight is 327 g/mol. The van der Waals surface area contributed by atoms with Gasteiger partial charge in [-0.15, -0.1) is 11.3 Å². The third-order valence-electron chi connectivity index (χ3n) is 3.13. The van der Waals surface area contributed by atoms with E-state index in [2.05, 4.69) is 15.9 Å². The molecule has 2 aromatic rings. The second kappa shape index (κ2) is 5.97. The summed E-state index contributed by atoms with van der Waals surface area (Å²) in [5.74, 6) is 0. The average Bonchev–Trinajstić information content (AvgIpc) is 2.82. The molecule has 0 fully saturated rings. The van der Waals surface area contributed by atoms with Crippen molar-refractivity contribution in [1.29, 1.82) is 0 Å². The summed E-state index contributed by atoms with van der Waals surface area (Å²) >= 11 is 5.06. The van der Waals surface area contributed by atoms with Crippen molar-refractivity contribution < 1.29 is 10.2 Å². The fourth-order valence-corrected chi connectivity index (χ4v) is 3.61. The zero-order chi connectivity index (χ0) is 13.0. The molecule has 0 spiro atoms. The lowest BCUT2D eigenvalue weighted by molar-refractivity contribution is 0.117. The van der Waals surface area contributed by atoms with Crippen molar-refractivity contribution in [2.45, 2.75) is 11.8 Å². The zero-order valence-corrected chi connectivity index (χ0v) is 12.2. The van der Waals surface area contributed by atoms with Gasteiger partial charge in [-0.2, -0.15) is 0 Å². The van der Waals surface area contributed by atoms with E-state index in [0.717, 1.165) is 14.9 Å². The van der Waals surface area contributed by atoms with Crippen LogP contribution in [0.5, 0.6) is 0 Å². The van der Waals surface area contributed by atoms with Gasteiger partial charge in [-0.1, -0.05) is 30.3 Å². The van der Waals surface area contributed by atoms with Crippen LogP contribution in [0.2, 0.25) is 0 Å². The fraction of sp³-hybridized carbons (Fsp3) is 0.286. The van der Waals surface area contributed by atoms with Gasteiger partial charge in [0.2, 0.25) is 0 Å². The van der Waals surface area contributed by atoms with Crippen molar-refractivity contribution in [3.63, 3.8) is 0 Å². The molecule has 2 N–H and O–H groups in total. The second-order valence-electron chi connectivity index (χ2n) is 4.37. The highest BCUT2D eigenvalue weighted by molar-refractivity contribution is 9.10. The Kier molecular flexibility index (Phi) is 4.56. The smallest absolute Gasteiger partial charge is 0.0553 e. The normalized spacial score (nSPS) is 11.7. The molecule has 0 unspecified atom stereocenters. The van der Waals surface area contributed by atoms with Gasteiger partial charge >= 0.3 is 0 Å². The Bertz CT molecular complexity index is 492. The molecule has 0 amide bonds. The maximum Gasteiger partial charge on any atom is 0.0553 e. The van der Waals surface area contributed by atoms with Crippen molar-refractivity contribution >= 4 is 27.3 Å². The predicted octanol–water partition coefficient (Wildman–Crippen LogP) is 2.98. The highest BCUT2D eigenvalue weighted by Crippen LogP contribution is 2.31. The first-order valence-corrected chi connectivity index (χ1v) is 7.37.